The van der Waals surface area contributed by atoms with Gasteiger partial charge < -0.3 is 29.6 Å². The zero-order valence-corrected chi connectivity index (χ0v) is 18.9. The summed E-state index contributed by atoms with van der Waals surface area (Å²) in [6.07, 6.45) is 2.08. The molecule has 2 aliphatic heterocycles. The number of esters is 1. The van der Waals surface area contributed by atoms with Crippen molar-refractivity contribution < 1.29 is 38.3 Å². The molecule has 1 fully saturated rings. The van der Waals surface area contributed by atoms with Crippen LogP contribution in [0.4, 0.5) is 4.79 Å². The number of benzene rings is 1. The summed E-state index contributed by atoms with van der Waals surface area (Å²) in [4.78, 5) is 38.4. The van der Waals surface area contributed by atoms with E-state index in [4.69, 9.17) is 24.6 Å². The molecule has 0 aliphatic carbocycles. The normalized spacial score (nSPS) is 20.0. The molecule has 0 spiro atoms. The van der Waals surface area contributed by atoms with Gasteiger partial charge in [-0.15, -0.1) is 0 Å². The second kappa shape index (κ2) is 12.0. The first kappa shape index (κ1) is 25.0. The van der Waals surface area contributed by atoms with E-state index in [1.54, 1.807) is 12.1 Å². The number of nitrogens with zero attached hydrogens (tertiary/aromatic N) is 1. The highest BCUT2D eigenvalue weighted by Gasteiger charge is 2.38. The van der Waals surface area contributed by atoms with Crippen LogP contribution in [-0.2, 0) is 25.4 Å². The Balaban J connectivity index is 1.52. The smallest absolute Gasteiger partial charge is 0.526 e. The molecule has 0 unspecified atom stereocenters. The average Bonchev–Trinajstić information content (AvgIpc) is 3.18. The monoisotopic (exact) mass is 462 g/mol. The van der Waals surface area contributed by atoms with Crippen molar-refractivity contribution in [2.24, 2.45) is 5.73 Å². The van der Waals surface area contributed by atoms with Crippen molar-refractivity contribution in [2.75, 3.05) is 33.0 Å². The fourth-order valence-electron chi connectivity index (χ4n) is 3.98. The quantitative estimate of drug-likeness (QED) is 0.228. The molecule has 1 aromatic rings. The Morgan fingerprint density at radius 2 is 2.09 bits per heavy atom. The number of rotatable bonds is 10. The van der Waals surface area contributed by atoms with Crippen molar-refractivity contribution in [1.82, 2.24) is 4.90 Å². The van der Waals surface area contributed by atoms with E-state index in [0.717, 1.165) is 19.4 Å². The predicted octanol–water partition coefficient (Wildman–Crippen LogP) is 1.53. The third-order valence-electron chi connectivity index (χ3n) is 5.72. The number of Topliss-reactive ketones (excluding diaryl/α,β-unsaturated/α-hetero) is 1. The second-order valence-corrected chi connectivity index (χ2v) is 8.44. The SMILES string of the molecule is CCCCOC(=O)OCOC(=O)c1cccc2c1OB(O)[C@@H](CC(=O)CN1CC[C@H](N)C1)C2. The number of carbonyl (C=O) groups is 3. The molecule has 180 valence electrons. The molecule has 3 rings (SSSR count). The minimum atomic E-state index is -1.24. The number of fused-ring (bicyclic) bond motifs is 1. The summed E-state index contributed by atoms with van der Waals surface area (Å²) in [7, 11) is -1.24. The summed E-state index contributed by atoms with van der Waals surface area (Å²) >= 11 is 0. The lowest BCUT2D eigenvalue weighted by molar-refractivity contribution is -0.120. The number of hydrogen-bond donors (Lipinski definition) is 2. The molecule has 11 heteroatoms. The zero-order chi connectivity index (χ0) is 23.8. The number of ketones is 1. The molecule has 0 amide bonds. The van der Waals surface area contributed by atoms with E-state index in [1.807, 2.05) is 11.8 Å². The molecule has 0 aromatic heterocycles. The van der Waals surface area contributed by atoms with Gasteiger partial charge in [-0.1, -0.05) is 25.5 Å². The molecular formula is C22H31BN2O8. The lowest BCUT2D eigenvalue weighted by Gasteiger charge is -2.28. The fraction of sp³-hybridized carbons (Fsp3) is 0.591. The van der Waals surface area contributed by atoms with Gasteiger partial charge in [0, 0.05) is 31.4 Å². The van der Waals surface area contributed by atoms with Gasteiger partial charge in [0.05, 0.1) is 13.2 Å². The molecule has 0 saturated carbocycles. The highest BCUT2D eigenvalue weighted by Crippen LogP contribution is 2.36. The van der Waals surface area contributed by atoms with E-state index >= 15 is 0 Å². The van der Waals surface area contributed by atoms with Gasteiger partial charge >= 0.3 is 19.2 Å². The predicted molar refractivity (Wildman–Crippen MR) is 119 cm³/mol. The Kier molecular flexibility index (Phi) is 9.10. The summed E-state index contributed by atoms with van der Waals surface area (Å²) in [5.41, 5.74) is 6.68. The van der Waals surface area contributed by atoms with Crippen LogP contribution in [-0.4, -0.2) is 74.0 Å². The van der Waals surface area contributed by atoms with Crippen molar-refractivity contribution in [1.29, 1.82) is 0 Å². The molecule has 1 saturated heterocycles. The van der Waals surface area contributed by atoms with Gasteiger partial charge in [0.1, 0.15) is 17.1 Å². The highest BCUT2D eigenvalue weighted by atomic mass is 16.8. The van der Waals surface area contributed by atoms with Crippen LogP contribution in [0.3, 0.4) is 0 Å². The minimum Gasteiger partial charge on any atom is -0.535 e. The summed E-state index contributed by atoms with van der Waals surface area (Å²) in [5, 5.41) is 10.5. The van der Waals surface area contributed by atoms with Crippen LogP contribution >= 0.6 is 0 Å². The third-order valence-corrected chi connectivity index (χ3v) is 5.72. The van der Waals surface area contributed by atoms with Gasteiger partial charge in [0.15, 0.2) is 0 Å². The van der Waals surface area contributed by atoms with Crippen LogP contribution in [0.15, 0.2) is 18.2 Å². The van der Waals surface area contributed by atoms with E-state index in [2.05, 4.69) is 0 Å². The Hall–Kier alpha value is -2.63. The molecule has 10 nitrogen and oxygen atoms in total. The second-order valence-electron chi connectivity index (χ2n) is 8.44. The largest absolute Gasteiger partial charge is 0.535 e. The summed E-state index contributed by atoms with van der Waals surface area (Å²) in [6.45, 7) is 3.39. The highest BCUT2D eigenvalue weighted by molar-refractivity contribution is 6.47. The number of ether oxygens (including phenoxy) is 3. The molecule has 2 heterocycles. The van der Waals surface area contributed by atoms with Crippen molar-refractivity contribution in [3.63, 3.8) is 0 Å². The van der Waals surface area contributed by atoms with Crippen LogP contribution in [0, 0.1) is 0 Å². The average molecular weight is 462 g/mol. The first-order chi connectivity index (χ1) is 15.9. The number of unbranched alkanes of at least 4 members (excludes halogenated alkanes) is 1. The molecule has 0 bridgehead atoms. The number of nitrogens with two attached hydrogens (primary N) is 1. The van der Waals surface area contributed by atoms with Gasteiger partial charge in [0.2, 0.25) is 6.79 Å². The minimum absolute atomic E-state index is 0.0127. The van der Waals surface area contributed by atoms with E-state index in [-0.39, 0.29) is 36.2 Å². The Morgan fingerprint density at radius 3 is 2.82 bits per heavy atom. The standard InChI is InChI=1S/C22H31BN2O8/c1-2-3-9-30-22(28)32-14-31-21(27)19-6-4-5-15-10-16(23(29)33-20(15)19)11-18(26)13-25-8-7-17(24)12-25/h4-6,16-17,29H,2-3,7-14,24H2,1H3/t16-,17+/m1/s1. The molecule has 1 aromatic carbocycles. The molecular weight excluding hydrogens is 431 g/mol. The maximum absolute atomic E-state index is 12.5. The number of carbonyl (C=O) groups excluding carboxylic acids is 3. The number of para-hydroxylation sites is 1. The van der Waals surface area contributed by atoms with Crippen molar-refractivity contribution >= 4 is 25.0 Å². The van der Waals surface area contributed by atoms with Gasteiger partial charge in [-0.25, -0.2) is 9.59 Å². The summed E-state index contributed by atoms with van der Waals surface area (Å²) in [5.74, 6) is -0.970. The van der Waals surface area contributed by atoms with Crippen LogP contribution in [0.2, 0.25) is 5.82 Å². The Labute approximate surface area is 193 Å². The van der Waals surface area contributed by atoms with Crippen LogP contribution in [0.25, 0.3) is 0 Å². The summed E-state index contributed by atoms with van der Waals surface area (Å²) < 4.78 is 20.1. The molecule has 2 atom stereocenters. The molecule has 33 heavy (non-hydrogen) atoms. The number of hydrogen-bond acceptors (Lipinski definition) is 10. The van der Waals surface area contributed by atoms with Crippen LogP contribution in [0.1, 0.15) is 48.5 Å². The fourth-order valence-corrected chi connectivity index (χ4v) is 3.98. The number of likely N-dealkylation sites (tertiary alicyclic amines) is 1. The van der Waals surface area contributed by atoms with E-state index in [0.29, 0.717) is 31.5 Å². The van der Waals surface area contributed by atoms with Crippen LogP contribution in [0.5, 0.6) is 5.75 Å². The van der Waals surface area contributed by atoms with E-state index in [1.165, 1.54) is 6.07 Å². The molecule has 3 N–H and O–H groups in total. The summed E-state index contributed by atoms with van der Waals surface area (Å²) in [6, 6.07) is 5.04. The van der Waals surface area contributed by atoms with E-state index in [9.17, 15) is 19.4 Å². The first-order valence-corrected chi connectivity index (χ1v) is 11.3. The van der Waals surface area contributed by atoms with Crippen molar-refractivity contribution in [3.8, 4) is 5.75 Å². The van der Waals surface area contributed by atoms with Gasteiger partial charge in [-0.3, -0.25) is 9.69 Å². The first-order valence-electron chi connectivity index (χ1n) is 11.3. The Bertz CT molecular complexity index is 852. The molecule has 2 aliphatic rings. The third kappa shape index (κ3) is 7.18. The maximum atomic E-state index is 12.5. The maximum Gasteiger partial charge on any atom is 0.526 e. The topological polar surface area (TPSA) is 138 Å². The zero-order valence-electron chi connectivity index (χ0n) is 18.9. The lowest BCUT2D eigenvalue weighted by Crippen LogP contribution is -2.38. The Morgan fingerprint density at radius 1 is 1.27 bits per heavy atom. The van der Waals surface area contributed by atoms with Gasteiger partial charge in [-0.2, -0.15) is 0 Å². The van der Waals surface area contributed by atoms with Gasteiger partial charge in [-0.05, 0) is 30.9 Å². The van der Waals surface area contributed by atoms with Crippen LogP contribution < -0.4 is 10.4 Å². The van der Waals surface area contributed by atoms with E-state index < -0.39 is 31.9 Å². The molecule has 0 radical (unpaired) electrons. The van der Waals surface area contributed by atoms with Gasteiger partial charge in [0.25, 0.3) is 0 Å². The lowest BCUT2D eigenvalue weighted by atomic mass is 9.64. The van der Waals surface area contributed by atoms with Crippen molar-refractivity contribution in [2.45, 2.75) is 50.9 Å². The van der Waals surface area contributed by atoms with Crippen molar-refractivity contribution in [3.05, 3.63) is 29.3 Å².